The molecular weight excluding hydrogens is 360 g/mol. The molecule has 1 heterocycles. The minimum absolute atomic E-state index is 0.0712. The Hall–Kier alpha value is -2.04. The highest BCUT2D eigenvalue weighted by molar-refractivity contribution is 6.30. The van der Waals surface area contributed by atoms with Crippen molar-refractivity contribution in [1.29, 1.82) is 0 Å². The highest BCUT2D eigenvalue weighted by atomic mass is 35.5. The Bertz CT molecular complexity index is 731. The van der Waals surface area contributed by atoms with Crippen LogP contribution < -0.4 is 10.1 Å². The van der Waals surface area contributed by atoms with Crippen LogP contribution in [0.3, 0.4) is 0 Å². The Labute approximate surface area is 166 Å². The zero-order chi connectivity index (χ0) is 19.1. The standard InChI is InChI=1S/C22H27ClN2O2/c1-27-21-10-6-17(7-11-21)12-13-24-22(26)19-3-2-14-25(16-19)15-18-4-8-20(23)9-5-18/h4-11,19H,2-3,12-16H2,1H3,(H,24,26). The van der Waals surface area contributed by atoms with Gasteiger partial charge in [0.1, 0.15) is 5.75 Å². The number of carbonyl (C=O) groups excluding carboxylic acids is 1. The summed E-state index contributed by atoms with van der Waals surface area (Å²) in [6.07, 6.45) is 2.85. The molecule has 1 N–H and O–H groups in total. The van der Waals surface area contributed by atoms with Crippen LogP contribution in [0.15, 0.2) is 48.5 Å². The number of methoxy groups -OCH3 is 1. The number of benzene rings is 2. The molecule has 144 valence electrons. The summed E-state index contributed by atoms with van der Waals surface area (Å²) in [7, 11) is 1.66. The second-order valence-corrected chi connectivity index (χ2v) is 7.53. The quantitative estimate of drug-likeness (QED) is 0.784. The molecule has 1 fully saturated rings. The molecule has 1 amide bonds. The monoisotopic (exact) mass is 386 g/mol. The maximum Gasteiger partial charge on any atom is 0.224 e. The molecule has 2 aromatic rings. The molecule has 2 aromatic carbocycles. The number of piperidine rings is 1. The third-order valence-electron chi connectivity index (χ3n) is 5.07. The number of likely N-dealkylation sites (tertiary alicyclic amines) is 1. The van der Waals surface area contributed by atoms with Crippen molar-refractivity contribution in [3.05, 3.63) is 64.7 Å². The number of nitrogens with zero attached hydrogens (tertiary/aromatic N) is 1. The van der Waals surface area contributed by atoms with Crippen molar-refractivity contribution in [2.75, 3.05) is 26.7 Å². The van der Waals surface area contributed by atoms with Crippen LogP contribution in [0.4, 0.5) is 0 Å². The lowest BCUT2D eigenvalue weighted by Gasteiger charge is -2.32. The van der Waals surface area contributed by atoms with Gasteiger partial charge in [-0.05, 0) is 61.2 Å². The average molecular weight is 387 g/mol. The normalized spacial score (nSPS) is 17.5. The Kier molecular flexibility index (Phi) is 7.13. The van der Waals surface area contributed by atoms with Crippen LogP contribution in [-0.2, 0) is 17.8 Å². The largest absolute Gasteiger partial charge is 0.497 e. The predicted molar refractivity (Wildman–Crippen MR) is 109 cm³/mol. The van der Waals surface area contributed by atoms with Gasteiger partial charge in [0.15, 0.2) is 0 Å². The van der Waals surface area contributed by atoms with E-state index in [0.29, 0.717) is 6.54 Å². The summed E-state index contributed by atoms with van der Waals surface area (Å²) >= 11 is 5.95. The molecule has 0 bridgehead atoms. The van der Waals surface area contributed by atoms with E-state index in [1.54, 1.807) is 7.11 Å². The molecular formula is C22H27ClN2O2. The van der Waals surface area contributed by atoms with Crippen molar-refractivity contribution in [3.63, 3.8) is 0 Å². The fraction of sp³-hybridized carbons (Fsp3) is 0.409. The van der Waals surface area contributed by atoms with Gasteiger partial charge in [-0.25, -0.2) is 0 Å². The van der Waals surface area contributed by atoms with Crippen molar-refractivity contribution in [1.82, 2.24) is 10.2 Å². The first-order valence-electron chi connectivity index (χ1n) is 9.51. The lowest BCUT2D eigenvalue weighted by Crippen LogP contribution is -2.43. The minimum atomic E-state index is 0.0712. The molecule has 0 aliphatic carbocycles. The molecule has 0 radical (unpaired) electrons. The summed E-state index contributed by atoms with van der Waals surface area (Å²) in [6, 6.07) is 15.9. The number of ether oxygens (including phenoxy) is 1. The smallest absolute Gasteiger partial charge is 0.224 e. The Morgan fingerprint density at radius 2 is 1.85 bits per heavy atom. The van der Waals surface area contributed by atoms with Crippen molar-refractivity contribution in [2.45, 2.75) is 25.8 Å². The first kappa shape index (κ1) is 19.7. The van der Waals surface area contributed by atoms with Crippen molar-refractivity contribution < 1.29 is 9.53 Å². The molecule has 1 unspecified atom stereocenters. The second-order valence-electron chi connectivity index (χ2n) is 7.09. The van der Waals surface area contributed by atoms with Crippen LogP contribution >= 0.6 is 11.6 Å². The zero-order valence-electron chi connectivity index (χ0n) is 15.8. The SMILES string of the molecule is COc1ccc(CCNC(=O)C2CCCN(Cc3ccc(Cl)cc3)C2)cc1. The molecule has 4 nitrogen and oxygen atoms in total. The summed E-state index contributed by atoms with van der Waals surface area (Å²) in [5.41, 5.74) is 2.43. The van der Waals surface area contributed by atoms with Gasteiger partial charge >= 0.3 is 0 Å². The first-order valence-corrected chi connectivity index (χ1v) is 9.89. The fourth-order valence-corrected chi connectivity index (χ4v) is 3.65. The topological polar surface area (TPSA) is 41.6 Å². The van der Waals surface area contributed by atoms with Gasteiger partial charge in [0.25, 0.3) is 0 Å². The maximum absolute atomic E-state index is 12.6. The Morgan fingerprint density at radius 1 is 1.15 bits per heavy atom. The summed E-state index contributed by atoms with van der Waals surface area (Å²) < 4.78 is 5.17. The summed E-state index contributed by atoms with van der Waals surface area (Å²) in [4.78, 5) is 14.9. The molecule has 5 heteroatoms. The zero-order valence-corrected chi connectivity index (χ0v) is 16.5. The molecule has 0 spiro atoms. The molecule has 1 aliphatic heterocycles. The van der Waals surface area contributed by atoms with E-state index < -0.39 is 0 Å². The van der Waals surface area contributed by atoms with Crippen LogP contribution in [0.25, 0.3) is 0 Å². The fourth-order valence-electron chi connectivity index (χ4n) is 3.53. The van der Waals surface area contributed by atoms with Crippen LogP contribution in [0.5, 0.6) is 5.75 Å². The van der Waals surface area contributed by atoms with E-state index in [9.17, 15) is 4.79 Å². The van der Waals surface area contributed by atoms with E-state index in [-0.39, 0.29) is 11.8 Å². The molecule has 1 aliphatic rings. The molecule has 1 atom stereocenters. The van der Waals surface area contributed by atoms with Crippen molar-refractivity contribution >= 4 is 17.5 Å². The number of hydrogen-bond acceptors (Lipinski definition) is 3. The number of amides is 1. The minimum Gasteiger partial charge on any atom is -0.497 e. The van der Waals surface area contributed by atoms with Crippen LogP contribution in [0.2, 0.25) is 5.02 Å². The van der Waals surface area contributed by atoms with E-state index >= 15 is 0 Å². The second kappa shape index (κ2) is 9.77. The number of carbonyl (C=O) groups is 1. The first-order chi connectivity index (χ1) is 13.1. The van der Waals surface area contributed by atoms with E-state index in [1.165, 1.54) is 11.1 Å². The van der Waals surface area contributed by atoms with Gasteiger partial charge in [0.05, 0.1) is 13.0 Å². The van der Waals surface area contributed by atoms with Gasteiger partial charge in [-0.1, -0.05) is 35.9 Å². The third-order valence-corrected chi connectivity index (χ3v) is 5.32. The Morgan fingerprint density at radius 3 is 2.56 bits per heavy atom. The van der Waals surface area contributed by atoms with Gasteiger partial charge < -0.3 is 10.1 Å². The van der Waals surface area contributed by atoms with E-state index in [4.69, 9.17) is 16.3 Å². The molecule has 0 saturated carbocycles. The van der Waals surface area contributed by atoms with Crippen LogP contribution in [0.1, 0.15) is 24.0 Å². The van der Waals surface area contributed by atoms with Gasteiger partial charge in [0.2, 0.25) is 5.91 Å². The summed E-state index contributed by atoms with van der Waals surface area (Å²) in [5.74, 6) is 1.09. The van der Waals surface area contributed by atoms with Crippen molar-refractivity contribution in [2.24, 2.45) is 5.92 Å². The number of hydrogen-bond donors (Lipinski definition) is 1. The highest BCUT2D eigenvalue weighted by Crippen LogP contribution is 2.20. The maximum atomic E-state index is 12.6. The third kappa shape index (κ3) is 5.98. The molecule has 0 aromatic heterocycles. The predicted octanol–water partition coefficient (Wildman–Crippen LogP) is 3.92. The highest BCUT2D eigenvalue weighted by Gasteiger charge is 2.25. The lowest BCUT2D eigenvalue weighted by molar-refractivity contribution is -0.126. The Balaban J connectivity index is 1.44. The summed E-state index contributed by atoms with van der Waals surface area (Å²) in [6.45, 7) is 3.39. The molecule has 27 heavy (non-hydrogen) atoms. The van der Waals surface area contributed by atoms with E-state index in [2.05, 4.69) is 22.3 Å². The van der Waals surface area contributed by atoms with Gasteiger partial charge in [0, 0.05) is 24.7 Å². The average Bonchev–Trinajstić information content (AvgIpc) is 2.70. The molecule has 3 rings (SSSR count). The van der Waals surface area contributed by atoms with Crippen LogP contribution in [-0.4, -0.2) is 37.6 Å². The lowest BCUT2D eigenvalue weighted by atomic mass is 9.96. The molecule has 1 saturated heterocycles. The van der Waals surface area contributed by atoms with Gasteiger partial charge in [-0.3, -0.25) is 9.69 Å². The van der Waals surface area contributed by atoms with E-state index in [1.807, 2.05) is 36.4 Å². The van der Waals surface area contributed by atoms with Gasteiger partial charge in [-0.15, -0.1) is 0 Å². The summed E-state index contributed by atoms with van der Waals surface area (Å²) in [5, 5.41) is 3.86. The number of rotatable bonds is 7. The number of halogens is 1. The van der Waals surface area contributed by atoms with Gasteiger partial charge in [-0.2, -0.15) is 0 Å². The van der Waals surface area contributed by atoms with Crippen LogP contribution in [0, 0.1) is 5.92 Å². The van der Waals surface area contributed by atoms with E-state index in [0.717, 1.165) is 49.7 Å². The number of nitrogens with one attached hydrogen (secondary N) is 1. The van der Waals surface area contributed by atoms with Crippen molar-refractivity contribution in [3.8, 4) is 5.75 Å².